The van der Waals surface area contributed by atoms with E-state index in [0.717, 1.165) is 64.2 Å². The van der Waals surface area contributed by atoms with Gasteiger partial charge < -0.3 is 14.8 Å². The molecule has 1 N–H and O–H groups in total. The van der Waals surface area contributed by atoms with E-state index < -0.39 is 0 Å². The standard InChI is InChI=1S/C30H37N5O/c1-19(2)35-18-21(4)29-26(30(36)33-17-25-16-31-22(5)12-20(25)3)13-24(14-27(29)35)23-8-9-28(32-15-23)34-10-6-7-11-34/h8-9,13-15,18-19H,6-7,10-12,16-17H2,1-5H3,(H,33,36). The summed E-state index contributed by atoms with van der Waals surface area (Å²) in [6.07, 6.45) is 7.46. The molecule has 0 saturated carbocycles. The number of aromatic nitrogens is 2. The van der Waals surface area contributed by atoms with Gasteiger partial charge in [-0.2, -0.15) is 0 Å². The van der Waals surface area contributed by atoms with Crippen molar-refractivity contribution in [1.82, 2.24) is 14.9 Å². The van der Waals surface area contributed by atoms with Gasteiger partial charge in [0.25, 0.3) is 5.91 Å². The van der Waals surface area contributed by atoms with Crippen molar-refractivity contribution in [1.29, 1.82) is 0 Å². The van der Waals surface area contributed by atoms with Gasteiger partial charge in [-0.15, -0.1) is 0 Å². The van der Waals surface area contributed by atoms with E-state index in [2.05, 4.69) is 78.8 Å². The zero-order valence-corrected chi connectivity index (χ0v) is 22.2. The molecular weight excluding hydrogens is 446 g/mol. The lowest BCUT2D eigenvalue weighted by Crippen LogP contribution is -2.28. The number of hydrogen-bond acceptors (Lipinski definition) is 4. The number of benzene rings is 1. The molecule has 5 rings (SSSR count). The number of carbonyl (C=O) groups excluding carboxylic acids is 1. The lowest BCUT2D eigenvalue weighted by Gasteiger charge is -2.18. The van der Waals surface area contributed by atoms with Gasteiger partial charge in [0.15, 0.2) is 0 Å². The zero-order chi connectivity index (χ0) is 25.4. The van der Waals surface area contributed by atoms with Gasteiger partial charge in [0.2, 0.25) is 0 Å². The first-order chi connectivity index (χ1) is 17.3. The number of aryl methyl sites for hydroxylation is 1. The summed E-state index contributed by atoms with van der Waals surface area (Å²) in [6.45, 7) is 14.0. The number of dihydropyridines is 1. The molecule has 4 heterocycles. The molecule has 0 unspecified atom stereocenters. The predicted molar refractivity (Wildman–Crippen MR) is 149 cm³/mol. The number of nitrogens with one attached hydrogen (secondary N) is 1. The summed E-state index contributed by atoms with van der Waals surface area (Å²) in [7, 11) is 0. The second-order valence-corrected chi connectivity index (χ2v) is 10.6. The van der Waals surface area contributed by atoms with Gasteiger partial charge >= 0.3 is 0 Å². The minimum absolute atomic E-state index is 0.0420. The van der Waals surface area contributed by atoms with Crippen molar-refractivity contribution in [2.45, 2.75) is 59.9 Å². The number of nitrogens with zero attached hydrogens (tertiary/aromatic N) is 4. The molecule has 6 nitrogen and oxygen atoms in total. The average Bonchev–Trinajstić information content (AvgIpc) is 3.51. The Morgan fingerprint density at radius 3 is 2.53 bits per heavy atom. The molecule has 1 amide bonds. The van der Waals surface area contributed by atoms with Gasteiger partial charge in [-0.05, 0) is 88.4 Å². The first-order valence-electron chi connectivity index (χ1n) is 13.1. The Kier molecular flexibility index (Phi) is 6.69. The van der Waals surface area contributed by atoms with E-state index in [1.807, 2.05) is 12.3 Å². The fourth-order valence-corrected chi connectivity index (χ4v) is 5.47. The summed E-state index contributed by atoms with van der Waals surface area (Å²) in [6, 6.07) is 8.77. The summed E-state index contributed by atoms with van der Waals surface area (Å²) in [5.41, 5.74) is 8.64. The van der Waals surface area contributed by atoms with Crippen molar-refractivity contribution in [2.24, 2.45) is 4.99 Å². The van der Waals surface area contributed by atoms with Crippen LogP contribution in [0.4, 0.5) is 5.82 Å². The lowest BCUT2D eigenvalue weighted by atomic mass is 9.98. The third-order valence-corrected chi connectivity index (χ3v) is 7.56. The largest absolute Gasteiger partial charge is 0.357 e. The summed E-state index contributed by atoms with van der Waals surface area (Å²) >= 11 is 0. The molecule has 2 aromatic heterocycles. The van der Waals surface area contributed by atoms with Gasteiger partial charge in [-0.25, -0.2) is 4.98 Å². The maximum Gasteiger partial charge on any atom is 0.252 e. The maximum absolute atomic E-state index is 13.6. The monoisotopic (exact) mass is 483 g/mol. The Bertz CT molecular complexity index is 1350. The SMILES string of the molecule is CC1=NCC(CNC(=O)c2cc(-c3ccc(N4CCCC4)nc3)cc3c2c(C)cn3C(C)C)=C(C)C1. The number of anilines is 1. The Balaban J connectivity index is 1.51. The normalized spacial score (nSPS) is 16.3. The molecule has 2 aliphatic rings. The molecule has 0 atom stereocenters. The molecule has 36 heavy (non-hydrogen) atoms. The second-order valence-electron chi connectivity index (χ2n) is 10.6. The molecule has 2 aliphatic heterocycles. The smallest absolute Gasteiger partial charge is 0.252 e. The Morgan fingerprint density at radius 2 is 1.86 bits per heavy atom. The fraction of sp³-hybridized carbons (Fsp3) is 0.433. The quantitative estimate of drug-likeness (QED) is 0.431. The van der Waals surface area contributed by atoms with Gasteiger partial charge in [-0.1, -0.05) is 5.57 Å². The average molecular weight is 484 g/mol. The minimum atomic E-state index is -0.0420. The number of allylic oxidation sites excluding steroid dienone is 1. The molecule has 1 fully saturated rings. The van der Waals surface area contributed by atoms with Crippen molar-refractivity contribution in [3.63, 3.8) is 0 Å². The molecule has 0 radical (unpaired) electrons. The Labute approximate surface area is 214 Å². The highest BCUT2D eigenvalue weighted by molar-refractivity contribution is 6.09. The fourth-order valence-electron chi connectivity index (χ4n) is 5.47. The summed E-state index contributed by atoms with van der Waals surface area (Å²) in [5.74, 6) is 0.991. The van der Waals surface area contributed by atoms with Crippen LogP contribution in [-0.4, -0.2) is 47.3 Å². The number of rotatable bonds is 6. The molecule has 6 heteroatoms. The number of hydrogen-bond donors (Lipinski definition) is 1. The van der Waals surface area contributed by atoms with Crippen LogP contribution in [0.5, 0.6) is 0 Å². The van der Waals surface area contributed by atoms with Crippen LogP contribution in [-0.2, 0) is 0 Å². The van der Waals surface area contributed by atoms with Crippen LogP contribution in [0, 0.1) is 6.92 Å². The van der Waals surface area contributed by atoms with E-state index in [4.69, 9.17) is 4.98 Å². The van der Waals surface area contributed by atoms with Crippen molar-refractivity contribution in [2.75, 3.05) is 31.1 Å². The molecule has 188 valence electrons. The molecule has 0 spiro atoms. The van der Waals surface area contributed by atoms with Gasteiger partial charge in [0.05, 0.1) is 6.54 Å². The molecular formula is C30H37N5O. The molecule has 0 aliphatic carbocycles. The number of carbonyl (C=O) groups is 1. The Morgan fingerprint density at radius 1 is 1.08 bits per heavy atom. The van der Waals surface area contributed by atoms with E-state index >= 15 is 0 Å². The highest BCUT2D eigenvalue weighted by atomic mass is 16.1. The van der Waals surface area contributed by atoms with Crippen LogP contribution in [0.15, 0.2) is 52.8 Å². The van der Waals surface area contributed by atoms with E-state index in [-0.39, 0.29) is 5.91 Å². The molecule has 0 bridgehead atoms. The zero-order valence-electron chi connectivity index (χ0n) is 22.2. The lowest BCUT2D eigenvalue weighted by molar-refractivity contribution is 0.0958. The van der Waals surface area contributed by atoms with Crippen LogP contribution in [0.2, 0.25) is 0 Å². The van der Waals surface area contributed by atoms with E-state index in [1.165, 1.54) is 24.0 Å². The number of fused-ring (bicyclic) bond motifs is 1. The third kappa shape index (κ3) is 4.69. The Hall–Kier alpha value is -3.41. The van der Waals surface area contributed by atoms with E-state index in [9.17, 15) is 4.79 Å². The molecule has 1 saturated heterocycles. The summed E-state index contributed by atoms with van der Waals surface area (Å²) in [4.78, 5) is 25.3. The first-order valence-corrected chi connectivity index (χ1v) is 13.1. The van der Waals surface area contributed by atoms with Crippen molar-refractivity contribution < 1.29 is 4.79 Å². The number of aliphatic imine (C=N–C) groups is 1. The van der Waals surface area contributed by atoms with Gasteiger partial charge in [0.1, 0.15) is 5.82 Å². The number of pyridine rings is 1. The number of amides is 1. The topological polar surface area (TPSA) is 62.5 Å². The van der Waals surface area contributed by atoms with Crippen molar-refractivity contribution in [3.8, 4) is 11.1 Å². The van der Waals surface area contributed by atoms with E-state index in [1.54, 1.807) is 0 Å². The first kappa shape index (κ1) is 24.3. The van der Waals surface area contributed by atoms with Crippen LogP contribution in [0.25, 0.3) is 22.0 Å². The molecule has 1 aromatic carbocycles. The van der Waals surface area contributed by atoms with Crippen LogP contribution >= 0.6 is 0 Å². The van der Waals surface area contributed by atoms with E-state index in [0.29, 0.717) is 19.1 Å². The van der Waals surface area contributed by atoms with Gasteiger partial charge in [-0.3, -0.25) is 9.79 Å². The van der Waals surface area contributed by atoms with Crippen molar-refractivity contribution >= 4 is 28.3 Å². The summed E-state index contributed by atoms with van der Waals surface area (Å²) < 4.78 is 2.27. The van der Waals surface area contributed by atoms with Crippen LogP contribution < -0.4 is 10.2 Å². The minimum Gasteiger partial charge on any atom is -0.357 e. The second kappa shape index (κ2) is 9.92. The van der Waals surface area contributed by atoms with Crippen LogP contribution in [0.3, 0.4) is 0 Å². The maximum atomic E-state index is 13.6. The highest BCUT2D eigenvalue weighted by Crippen LogP contribution is 2.33. The van der Waals surface area contributed by atoms with Crippen LogP contribution in [0.1, 0.15) is 68.9 Å². The summed E-state index contributed by atoms with van der Waals surface area (Å²) in [5, 5.41) is 4.22. The van der Waals surface area contributed by atoms with Crippen molar-refractivity contribution in [3.05, 3.63) is 58.9 Å². The van der Waals surface area contributed by atoms with Gasteiger partial charge in [0, 0.05) is 72.2 Å². The predicted octanol–water partition coefficient (Wildman–Crippen LogP) is 6.10. The third-order valence-electron chi connectivity index (χ3n) is 7.56. The highest BCUT2D eigenvalue weighted by Gasteiger charge is 2.20. The molecule has 3 aromatic rings.